The monoisotopic (exact) mass is 193 g/mol. The Kier molecular flexibility index (Phi) is 3.67. The molecule has 0 heterocycles. The smallest absolute Gasteiger partial charge is 0.194 e. The molecule has 0 aromatic heterocycles. The number of hydrogen-bond donors (Lipinski definition) is 0. The number of rotatable bonds is 4. The van der Waals surface area contributed by atoms with Crippen LogP contribution in [0.4, 0.5) is 0 Å². The Morgan fingerprint density at radius 1 is 1.14 bits per heavy atom. The molecule has 1 radical (unpaired) electrons. The van der Waals surface area contributed by atoms with Crippen molar-refractivity contribution in [3.05, 3.63) is 42.3 Å². The average Bonchev–Trinajstić information content (AvgIpc) is 2.24. The second kappa shape index (κ2) is 4.58. The zero-order chi connectivity index (χ0) is 10.6. The standard InChI is InChI=1S/C12H17O2/c1-5-12(13-3,14-4)11-8-6-10(2)7-9-11/h6-9H,1,5H2,2-4H3. The third-order valence-electron chi connectivity index (χ3n) is 2.48. The highest BCUT2D eigenvalue weighted by atomic mass is 16.7. The second-order valence-electron chi connectivity index (χ2n) is 3.28. The van der Waals surface area contributed by atoms with E-state index in [0.29, 0.717) is 6.42 Å². The van der Waals surface area contributed by atoms with Crippen LogP contribution in [0.25, 0.3) is 0 Å². The van der Waals surface area contributed by atoms with Crippen molar-refractivity contribution in [2.75, 3.05) is 14.2 Å². The molecule has 0 saturated carbocycles. The molecule has 77 valence electrons. The van der Waals surface area contributed by atoms with Gasteiger partial charge < -0.3 is 9.47 Å². The minimum Gasteiger partial charge on any atom is -0.349 e. The van der Waals surface area contributed by atoms with Gasteiger partial charge in [0.15, 0.2) is 5.79 Å². The summed E-state index contributed by atoms with van der Waals surface area (Å²) >= 11 is 0. The Labute approximate surface area is 85.8 Å². The van der Waals surface area contributed by atoms with Crippen LogP contribution in [0.1, 0.15) is 17.5 Å². The molecule has 0 aliphatic heterocycles. The minimum absolute atomic E-state index is 0.545. The topological polar surface area (TPSA) is 18.5 Å². The predicted octanol–water partition coefficient (Wildman–Crippen LogP) is 2.66. The van der Waals surface area contributed by atoms with E-state index in [0.717, 1.165) is 5.56 Å². The number of aryl methyl sites for hydroxylation is 1. The third-order valence-corrected chi connectivity index (χ3v) is 2.48. The van der Waals surface area contributed by atoms with Gasteiger partial charge in [0.1, 0.15) is 0 Å². The van der Waals surface area contributed by atoms with Crippen LogP contribution in [0.5, 0.6) is 0 Å². The van der Waals surface area contributed by atoms with Crippen molar-refractivity contribution in [1.29, 1.82) is 0 Å². The lowest BCUT2D eigenvalue weighted by Gasteiger charge is -2.30. The van der Waals surface area contributed by atoms with Crippen molar-refractivity contribution >= 4 is 0 Å². The van der Waals surface area contributed by atoms with E-state index >= 15 is 0 Å². The fraction of sp³-hybridized carbons (Fsp3) is 0.417. The summed E-state index contributed by atoms with van der Waals surface area (Å²) in [6.07, 6.45) is 0.545. The summed E-state index contributed by atoms with van der Waals surface area (Å²) in [5, 5.41) is 0. The van der Waals surface area contributed by atoms with Crippen molar-refractivity contribution in [3.63, 3.8) is 0 Å². The van der Waals surface area contributed by atoms with Crippen LogP contribution in [-0.2, 0) is 15.3 Å². The average molecular weight is 193 g/mol. The van der Waals surface area contributed by atoms with Gasteiger partial charge in [-0.3, -0.25) is 0 Å². The lowest BCUT2D eigenvalue weighted by Crippen LogP contribution is -2.29. The third kappa shape index (κ3) is 1.97. The highest BCUT2D eigenvalue weighted by molar-refractivity contribution is 5.25. The molecule has 0 bridgehead atoms. The summed E-state index contributed by atoms with van der Waals surface area (Å²) in [6, 6.07) is 8.09. The molecule has 2 nitrogen and oxygen atoms in total. The maximum Gasteiger partial charge on any atom is 0.194 e. The van der Waals surface area contributed by atoms with E-state index in [1.54, 1.807) is 14.2 Å². The summed E-state index contributed by atoms with van der Waals surface area (Å²) in [5.74, 6) is -0.701. The Balaban J connectivity index is 3.05. The highest BCUT2D eigenvalue weighted by Crippen LogP contribution is 2.29. The highest BCUT2D eigenvalue weighted by Gasteiger charge is 2.29. The molecule has 0 atom stereocenters. The summed E-state index contributed by atoms with van der Waals surface area (Å²) in [7, 11) is 3.27. The molecule has 1 aromatic rings. The van der Waals surface area contributed by atoms with Crippen molar-refractivity contribution in [1.82, 2.24) is 0 Å². The molecule has 1 rings (SSSR count). The molecule has 0 amide bonds. The quantitative estimate of drug-likeness (QED) is 0.684. The van der Waals surface area contributed by atoms with Gasteiger partial charge in [-0.05, 0) is 13.8 Å². The number of benzene rings is 1. The van der Waals surface area contributed by atoms with Gasteiger partial charge >= 0.3 is 0 Å². The maximum atomic E-state index is 5.38. The second-order valence-corrected chi connectivity index (χ2v) is 3.28. The van der Waals surface area contributed by atoms with Gasteiger partial charge in [-0.2, -0.15) is 0 Å². The molecule has 0 saturated heterocycles. The normalized spacial score (nSPS) is 11.7. The number of hydrogen-bond acceptors (Lipinski definition) is 2. The zero-order valence-corrected chi connectivity index (χ0v) is 9.04. The molecule has 1 aromatic carbocycles. The van der Waals surface area contributed by atoms with E-state index in [-0.39, 0.29) is 0 Å². The first-order chi connectivity index (χ1) is 6.68. The van der Waals surface area contributed by atoms with Gasteiger partial charge in [0, 0.05) is 26.2 Å². The lowest BCUT2D eigenvalue weighted by atomic mass is 10.0. The van der Waals surface area contributed by atoms with Crippen molar-refractivity contribution in [3.8, 4) is 0 Å². The molecule has 0 fully saturated rings. The minimum atomic E-state index is -0.701. The summed E-state index contributed by atoms with van der Waals surface area (Å²) in [4.78, 5) is 0. The first kappa shape index (κ1) is 11.2. The largest absolute Gasteiger partial charge is 0.349 e. The molecule has 2 heteroatoms. The summed E-state index contributed by atoms with van der Waals surface area (Å²) in [5.41, 5.74) is 2.22. The lowest BCUT2D eigenvalue weighted by molar-refractivity contribution is -0.213. The van der Waals surface area contributed by atoms with Crippen molar-refractivity contribution in [2.24, 2.45) is 0 Å². The Hall–Kier alpha value is -0.860. The maximum absolute atomic E-state index is 5.38. The Morgan fingerprint density at radius 2 is 1.64 bits per heavy atom. The van der Waals surface area contributed by atoms with Gasteiger partial charge in [-0.25, -0.2) is 0 Å². The van der Waals surface area contributed by atoms with Crippen LogP contribution in [0.2, 0.25) is 0 Å². The summed E-state index contributed by atoms with van der Waals surface area (Å²) < 4.78 is 10.8. The molecule has 0 aliphatic carbocycles. The van der Waals surface area contributed by atoms with Crippen LogP contribution in [0, 0.1) is 13.8 Å². The van der Waals surface area contributed by atoms with Crippen LogP contribution < -0.4 is 0 Å². The van der Waals surface area contributed by atoms with Gasteiger partial charge in [0.25, 0.3) is 0 Å². The Bertz CT molecular complexity index is 265. The van der Waals surface area contributed by atoms with Gasteiger partial charge in [0.05, 0.1) is 0 Å². The SMILES string of the molecule is [CH2]CC(OC)(OC)c1ccc(C)cc1. The van der Waals surface area contributed by atoms with Gasteiger partial charge in [0.2, 0.25) is 0 Å². The summed E-state index contributed by atoms with van der Waals surface area (Å²) in [6.45, 7) is 5.90. The van der Waals surface area contributed by atoms with E-state index in [4.69, 9.17) is 9.47 Å². The molecule has 0 N–H and O–H groups in total. The zero-order valence-electron chi connectivity index (χ0n) is 9.04. The van der Waals surface area contributed by atoms with Crippen LogP contribution in [0.15, 0.2) is 24.3 Å². The number of methoxy groups -OCH3 is 2. The van der Waals surface area contributed by atoms with E-state index in [1.807, 2.05) is 24.3 Å². The molecule has 0 aliphatic rings. The van der Waals surface area contributed by atoms with Crippen LogP contribution >= 0.6 is 0 Å². The van der Waals surface area contributed by atoms with Crippen LogP contribution in [0.3, 0.4) is 0 Å². The first-order valence-electron chi connectivity index (χ1n) is 4.65. The Morgan fingerprint density at radius 3 is 2.00 bits per heavy atom. The van der Waals surface area contributed by atoms with Crippen molar-refractivity contribution < 1.29 is 9.47 Å². The van der Waals surface area contributed by atoms with Gasteiger partial charge in [-0.15, -0.1) is 0 Å². The fourth-order valence-corrected chi connectivity index (χ4v) is 1.47. The van der Waals surface area contributed by atoms with E-state index < -0.39 is 5.79 Å². The van der Waals surface area contributed by atoms with Crippen LogP contribution in [-0.4, -0.2) is 14.2 Å². The van der Waals surface area contributed by atoms with Crippen molar-refractivity contribution in [2.45, 2.75) is 19.1 Å². The van der Waals surface area contributed by atoms with E-state index in [9.17, 15) is 0 Å². The molecule has 0 spiro atoms. The van der Waals surface area contributed by atoms with E-state index in [1.165, 1.54) is 5.56 Å². The number of ether oxygens (including phenoxy) is 2. The molecular formula is C12H17O2. The molecular weight excluding hydrogens is 176 g/mol. The fourth-order valence-electron chi connectivity index (χ4n) is 1.47. The molecule has 0 unspecified atom stereocenters. The van der Waals surface area contributed by atoms with Gasteiger partial charge in [-0.1, -0.05) is 29.8 Å². The molecule has 14 heavy (non-hydrogen) atoms. The predicted molar refractivity (Wildman–Crippen MR) is 56.8 cm³/mol. The first-order valence-corrected chi connectivity index (χ1v) is 4.65. The van der Waals surface area contributed by atoms with E-state index in [2.05, 4.69) is 13.8 Å².